The fourth-order valence-corrected chi connectivity index (χ4v) is 0.962. The van der Waals surface area contributed by atoms with Gasteiger partial charge in [-0.05, 0) is 6.92 Å². The lowest BCUT2D eigenvalue weighted by Crippen LogP contribution is -2.01. The molecular formula is C10H9ClN2O2. The molecule has 5 heteroatoms. The van der Waals surface area contributed by atoms with E-state index >= 15 is 0 Å². The quantitative estimate of drug-likeness (QED) is 0.433. The van der Waals surface area contributed by atoms with Crippen LogP contribution in [-0.2, 0) is 9.53 Å². The number of hydrogen-bond acceptors (Lipinski definition) is 4. The molecular weight excluding hydrogens is 216 g/mol. The third-order valence-corrected chi connectivity index (χ3v) is 1.73. The van der Waals surface area contributed by atoms with Crippen molar-refractivity contribution in [2.45, 2.75) is 13.3 Å². The Kier molecular flexibility index (Phi) is 4.58. The first-order chi connectivity index (χ1) is 7.24. The molecule has 0 aliphatic carbocycles. The van der Waals surface area contributed by atoms with Crippen molar-refractivity contribution in [3.05, 3.63) is 23.2 Å². The Labute approximate surface area is 92.6 Å². The van der Waals surface area contributed by atoms with E-state index in [1.165, 1.54) is 12.5 Å². The lowest BCUT2D eigenvalue weighted by atomic mass is 10.3. The Morgan fingerprint density at radius 1 is 1.67 bits per heavy atom. The summed E-state index contributed by atoms with van der Waals surface area (Å²) in [6, 6.07) is 0. The molecule has 0 aromatic carbocycles. The van der Waals surface area contributed by atoms with Gasteiger partial charge < -0.3 is 4.74 Å². The molecule has 0 fully saturated rings. The van der Waals surface area contributed by atoms with Crippen molar-refractivity contribution in [2.24, 2.45) is 0 Å². The summed E-state index contributed by atoms with van der Waals surface area (Å²) in [7, 11) is 0. The monoisotopic (exact) mass is 224 g/mol. The number of carbonyl (C=O) groups is 1. The molecule has 1 aromatic rings. The van der Waals surface area contributed by atoms with Gasteiger partial charge in [0, 0.05) is 6.20 Å². The van der Waals surface area contributed by atoms with Gasteiger partial charge in [0.05, 0.1) is 12.2 Å². The standard InChI is InChI=1S/C10H9ClN2O2/c1-2-15-9(14)5-3-4-8-6-12-7-13-10(8)11/h6-7H,2,5H2,1H3. The topological polar surface area (TPSA) is 52.1 Å². The van der Waals surface area contributed by atoms with Crippen LogP contribution in [0.15, 0.2) is 12.5 Å². The van der Waals surface area contributed by atoms with Crippen molar-refractivity contribution >= 4 is 17.6 Å². The van der Waals surface area contributed by atoms with Crippen LogP contribution in [0, 0.1) is 11.8 Å². The van der Waals surface area contributed by atoms with Crippen molar-refractivity contribution in [1.82, 2.24) is 9.97 Å². The zero-order valence-corrected chi connectivity index (χ0v) is 8.91. The van der Waals surface area contributed by atoms with Gasteiger partial charge in [-0.1, -0.05) is 23.4 Å². The molecule has 1 heterocycles. The van der Waals surface area contributed by atoms with E-state index in [-0.39, 0.29) is 17.5 Å². The van der Waals surface area contributed by atoms with Gasteiger partial charge in [-0.15, -0.1) is 0 Å². The summed E-state index contributed by atoms with van der Waals surface area (Å²) in [6.07, 6.45) is 2.87. The highest BCUT2D eigenvalue weighted by Gasteiger charge is 1.98. The average Bonchev–Trinajstić information content (AvgIpc) is 2.21. The van der Waals surface area contributed by atoms with Gasteiger partial charge in [-0.2, -0.15) is 0 Å². The summed E-state index contributed by atoms with van der Waals surface area (Å²) in [5, 5.41) is 0.279. The Hall–Kier alpha value is -1.60. The van der Waals surface area contributed by atoms with Crippen LogP contribution in [0.4, 0.5) is 0 Å². The molecule has 0 unspecified atom stereocenters. The summed E-state index contributed by atoms with van der Waals surface area (Å²) in [5.41, 5.74) is 0.503. The lowest BCUT2D eigenvalue weighted by Gasteiger charge is -1.95. The number of nitrogens with zero attached hydrogens (tertiary/aromatic N) is 2. The Bertz CT molecular complexity index is 409. The molecule has 0 saturated carbocycles. The summed E-state index contributed by atoms with van der Waals surface area (Å²) in [5.74, 6) is 4.98. The van der Waals surface area contributed by atoms with Gasteiger partial charge in [0.2, 0.25) is 0 Å². The van der Waals surface area contributed by atoms with Crippen LogP contribution >= 0.6 is 11.6 Å². The fourth-order valence-electron chi connectivity index (χ4n) is 0.822. The molecule has 4 nitrogen and oxygen atoms in total. The minimum Gasteiger partial charge on any atom is -0.465 e. The molecule has 0 atom stereocenters. The Morgan fingerprint density at radius 3 is 3.13 bits per heavy atom. The molecule has 1 aromatic heterocycles. The minimum atomic E-state index is -0.349. The third kappa shape index (κ3) is 3.96. The number of aromatic nitrogens is 2. The molecule has 15 heavy (non-hydrogen) atoms. The molecule has 0 aliphatic rings. The maximum Gasteiger partial charge on any atom is 0.317 e. The molecule has 0 amide bonds. The molecule has 0 spiro atoms. The summed E-state index contributed by atoms with van der Waals surface area (Å²) >= 11 is 5.73. The number of rotatable bonds is 2. The summed E-state index contributed by atoms with van der Waals surface area (Å²) < 4.78 is 4.70. The molecule has 0 radical (unpaired) electrons. The first-order valence-electron chi connectivity index (χ1n) is 4.34. The number of halogens is 1. The second-order valence-electron chi connectivity index (χ2n) is 2.51. The number of hydrogen-bond donors (Lipinski definition) is 0. The first kappa shape index (κ1) is 11.5. The molecule has 0 N–H and O–H groups in total. The van der Waals surface area contributed by atoms with E-state index in [1.807, 2.05) is 0 Å². The minimum absolute atomic E-state index is 0.0407. The SMILES string of the molecule is CCOC(=O)CC#Cc1cncnc1Cl. The predicted octanol–water partition coefficient (Wildman–Crippen LogP) is 1.43. The molecule has 0 aliphatic heterocycles. The zero-order chi connectivity index (χ0) is 11.1. The largest absolute Gasteiger partial charge is 0.465 e. The van der Waals surface area contributed by atoms with Crippen molar-refractivity contribution in [1.29, 1.82) is 0 Å². The summed E-state index contributed by atoms with van der Waals surface area (Å²) in [4.78, 5) is 18.4. The normalized spacial score (nSPS) is 8.93. The van der Waals surface area contributed by atoms with Crippen LogP contribution in [0.1, 0.15) is 18.9 Å². The van der Waals surface area contributed by atoms with Crippen molar-refractivity contribution in [2.75, 3.05) is 6.61 Å². The zero-order valence-electron chi connectivity index (χ0n) is 8.16. The van der Waals surface area contributed by atoms with Gasteiger partial charge in [0.25, 0.3) is 0 Å². The smallest absolute Gasteiger partial charge is 0.317 e. The summed E-state index contributed by atoms with van der Waals surface area (Å²) in [6.45, 7) is 2.10. The third-order valence-electron chi connectivity index (χ3n) is 1.42. The van der Waals surface area contributed by atoms with Crippen LogP contribution in [-0.4, -0.2) is 22.5 Å². The van der Waals surface area contributed by atoms with Gasteiger partial charge in [0.15, 0.2) is 0 Å². The van der Waals surface area contributed by atoms with E-state index in [9.17, 15) is 4.79 Å². The van der Waals surface area contributed by atoms with Crippen LogP contribution in [0.25, 0.3) is 0 Å². The highest BCUT2D eigenvalue weighted by molar-refractivity contribution is 6.30. The van der Waals surface area contributed by atoms with Crippen LogP contribution in [0.5, 0.6) is 0 Å². The second kappa shape index (κ2) is 5.99. The maximum atomic E-state index is 10.9. The van der Waals surface area contributed by atoms with E-state index in [0.717, 1.165) is 0 Å². The number of ether oxygens (including phenoxy) is 1. The van der Waals surface area contributed by atoms with Crippen molar-refractivity contribution in [3.63, 3.8) is 0 Å². The molecule has 78 valence electrons. The van der Waals surface area contributed by atoms with Crippen LogP contribution < -0.4 is 0 Å². The number of esters is 1. The van der Waals surface area contributed by atoms with Gasteiger partial charge in [0.1, 0.15) is 17.9 Å². The van der Waals surface area contributed by atoms with Crippen LogP contribution in [0.2, 0.25) is 5.15 Å². The molecule has 0 saturated heterocycles. The van der Waals surface area contributed by atoms with E-state index in [4.69, 9.17) is 16.3 Å². The van der Waals surface area contributed by atoms with Crippen molar-refractivity contribution in [3.8, 4) is 11.8 Å². The molecule has 0 bridgehead atoms. The average molecular weight is 225 g/mol. The van der Waals surface area contributed by atoms with Gasteiger partial charge in [-0.25, -0.2) is 9.97 Å². The Balaban J connectivity index is 2.59. The van der Waals surface area contributed by atoms with Crippen LogP contribution in [0.3, 0.4) is 0 Å². The fraction of sp³-hybridized carbons (Fsp3) is 0.300. The van der Waals surface area contributed by atoms with Gasteiger partial charge >= 0.3 is 5.97 Å². The maximum absolute atomic E-state index is 10.9. The van der Waals surface area contributed by atoms with E-state index in [1.54, 1.807) is 6.92 Å². The van der Waals surface area contributed by atoms with Gasteiger partial charge in [-0.3, -0.25) is 4.79 Å². The van der Waals surface area contributed by atoms with E-state index in [2.05, 4.69) is 21.8 Å². The first-order valence-corrected chi connectivity index (χ1v) is 4.71. The van der Waals surface area contributed by atoms with Crippen molar-refractivity contribution < 1.29 is 9.53 Å². The lowest BCUT2D eigenvalue weighted by molar-refractivity contribution is -0.141. The Morgan fingerprint density at radius 2 is 2.47 bits per heavy atom. The van der Waals surface area contributed by atoms with E-state index in [0.29, 0.717) is 12.2 Å². The van der Waals surface area contributed by atoms with E-state index < -0.39 is 0 Å². The predicted molar refractivity (Wildman–Crippen MR) is 55.2 cm³/mol. The number of carbonyl (C=O) groups excluding carboxylic acids is 1. The second-order valence-corrected chi connectivity index (χ2v) is 2.87. The molecule has 1 rings (SSSR count). The highest BCUT2D eigenvalue weighted by atomic mass is 35.5. The highest BCUT2D eigenvalue weighted by Crippen LogP contribution is 2.07.